The van der Waals surface area contributed by atoms with Crippen molar-refractivity contribution in [1.29, 1.82) is 0 Å². The second-order valence-corrected chi connectivity index (χ2v) is 5.77. The molecule has 0 aromatic carbocycles. The number of likely N-dealkylation sites (tertiary alicyclic amines) is 1. The number of aliphatic carboxylic acids is 1. The minimum absolute atomic E-state index is 0.116. The van der Waals surface area contributed by atoms with E-state index in [9.17, 15) is 14.4 Å². The molecule has 19 heavy (non-hydrogen) atoms. The Kier molecular flexibility index (Phi) is 3.92. The van der Waals surface area contributed by atoms with Crippen molar-refractivity contribution in [3.63, 3.8) is 0 Å². The van der Waals surface area contributed by atoms with Gasteiger partial charge in [0.1, 0.15) is 0 Å². The van der Waals surface area contributed by atoms with Crippen LogP contribution in [0.2, 0.25) is 0 Å². The Bertz CT molecular complexity index is 398. The second kappa shape index (κ2) is 5.31. The standard InChI is InChI=1S/C14H21NO4/c1-2-5-10(8-12(17)18)15-11(16)9-14(13(15)19)6-3-4-7-14/h10H,2-9H2,1H3,(H,17,18). The van der Waals surface area contributed by atoms with Crippen LogP contribution < -0.4 is 0 Å². The van der Waals surface area contributed by atoms with Crippen molar-refractivity contribution >= 4 is 17.8 Å². The summed E-state index contributed by atoms with van der Waals surface area (Å²) >= 11 is 0. The van der Waals surface area contributed by atoms with Crippen LogP contribution in [-0.4, -0.2) is 33.8 Å². The number of imide groups is 1. The Morgan fingerprint density at radius 2 is 2.00 bits per heavy atom. The number of carboxylic acids is 1. The number of amides is 2. The third kappa shape index (κ3) is 2.51. The first kappa shape index (κ1) is 14.0. The van der Waals surface area contributed by atoms with Gasteiger partial charge in [-0.1, -0.05) is 26.2 Å². The third-order valence-electron chi connectivity index (χ3n) is 4.39. The fourth-order valence-corrected chi connectivity index (χ4v) is 3.49. The molecule has 1 aliphatic carbocycles. The zero-order valence-corrected chi connectivity index (χ0v) is 11.4. The van der Waals surface area contributed by atoms with Crippen molar-refractivity contribution in [2.45, 2.75) is 64.3 Å². The van der Waals surface area contributed by atoms with E-state index in [2.05, 4.69) is 0 Å². The van der Waals surface area contributed by atoms with Crippen molar-refractivity contribution in [3.8, 4) is 0 Å². The fraction of sp³-hybridized carbons (Fsp3) is 0.786. The second-order valence-electron chi connectivity index (χ2n) is 5.77. The van der Waals surface area contributed by atoms with Crippen LogP contribution in [0.25, 0.3) is 0 Å². The molecular weight excluding hydrogens is 246 g/mol. The van der Waals surface area contributed by atoms with Gasteiger partial charge in [-0.05, 0) is 19.3 Å². The molecule has 106 valence electrons. The van der Waals surface area contributed by atoms with E-state index in [0.717, 1.165) is 32.1 Å². The van der Waals surface area contributed by atoms with E-state index in [1.165, 1.54) is 4.90 Å². The van der Waals surface area contributed by atoms with Gasteiger partial charge in [-0.25, -0.2) is 0 Å². The molecule has 1 unspecified atom stereocenters. The zero-order valence-electron chi connectivity index (χ0n) is 11.4. The normalized spacial score (nSPS) is 23.3. The first-order valence-corrected chi connectivity index (χ1v) is 7.08. The minimum atomic E-state index is -0.952. The quantitative estimate of drug-likeness (QED) is 0.772. The lowest BCUT2D eigenvalue weighted by atomic mass is 9.84. The van der Waals surface area contributed by atoms with E-state index in [-0.39, 0.29) is 24.7 Å². The maximum Gasteiger partial charge on any atom is 0.305 e. The lowest BCUT2D eigenvalue weighted by molar-refractivity contribution is -0.146. The number of nitrogens with zero attached hydrogens (tertiary/aromatic N) is 1. The number of hydrogen-bond acceptors (Lipinski definition) is 3. The van der Waals surface area contributed by atoms with Gasteiger partial charge in [0.15, 0.2) is 0 Å². The molecule has 2 fully saturated rings. The van der Waals surface area contributed by atoms with Gasteiger partial charge in [0.2, 0.25) is 11.8 Å². The van der Waals surface area contributed by atoms with E-state index in [1.807, 2.05) is 6.92 Å². The van der Waals surface area contributed by atoms with Crippen LogP contribution >= 0.6 is 0 Å². The van der Waals surface area contributed by atoms with Gasteiger partial charge in [0, 0.05) is 6.42 Å². The highest BCUT2D eigenvalue weighted by atomic mass is 16.4. The summed E-state index contributed by atoms with van der Waals surface area (Å²) < 4.78 is 0. The van der Waals surface area contributed by atoms with Gasteiger partial charge in [-0.3, -0.25) is 19.3 Å². The molecule has 2 aliphatic rings. The van der Waals surface area contributed by atoms with Crippen molar-refractivity contribution in [2.24, 2.45) is 5.41 Å². The molecule has 2 amide bonds. The lowest BCUT2D eigenvalue weighted by Crippen LogP contribution is -2.43. The summed E-state index contributed by atoms with van der Waals surface area (Å²) in [6.45, 7) is 1.94. The number of carboxylic acid groups (broad SMARTS) is 1. The summed E-state index contributed by atoms with van der Waals surface area (Å²) in [7, 11) is 0. The van der Waals surface area contributed by atoms with Gasteiger partial charge in [-0.2, -0.15) is 0 Å². The summed E-state index contributed by atoms with van der Waals surface area (Å²) in [4.78, 5) is 36.9. The van der Waals surface area contributed by atoms with Crippen molar-refractivity contribution in [2.75, 3.05) is 0 Å². The summed E-state index contributed by atoms with van der Waals surface area (Å²) in [5, 5.41) is 8.95. The summed E-state index contributed by atoms with van der Waals surface area (Å²) in [5.74, 6) is -1.24. The average molecular weight is 267 g/mol. The highest BCUT2D eigenvalue weighted by Gasteiger charge is 2.54. The Labute approximate surface area is 113 Å². The number of carbonyl (C=O) groups is 3. The van der Waals surface area contributed by atoms with Crippen LogP contribution in [0.1, 0.15) is 58.3 Å². The molecule has 2 rings (SSSR count). The molecule has 5 heteroatoms. The molecule has 1 saturated carbocycles. The first-order valence-electron chi connectivity index (χ1n) is 7.08. The summed E-state index contributed by atoms with van der Waals surface area (Å²) in [6, 6.07) is -0.470. The molecule has 0 aromatic heterocycles. The topological polar surface area (TPSA) is 74.7 Å². The maximum absolute atomic E-state index is 12.5. The maximum atomic E-state index is 12.5. The van der Waals surface area contributed by atoms with Crippen LogP contribution in [0.3, 0.4) is 0 Å². The third-order valence-corrected chi connectivity index (χ3v) is 4.39. The Balaban J connectivity index is 2.19. The SMILES string of the molecule is CCCC(CC(=O)O)N1C(=O)CC2(CCCC2)C1=O. The van der Waals surface area contributed by atoms with Gasteiger partial charge < -0.3 is 5.11 Å². The highest BCUT2D eigenvalue weighted by molar-refractivity contribution is 6.06. The molecule has 5 nitrogen and oxygen atoms in total. The Morgan fingerprint density at radius 3 is 2.53 bits per heavy atom. The highest BCUT2D eigenvalue weighted by Crippen LogP contribution is 2.47. The van der Waals surface area contributed by atoms with Crippen LogP contribution in [0.5, 0.6) is 0 Å². The number of hydrogen-bond donors (Lipinski definition) is 1. The van der Waals surface area contributed by atoms with Crippen molar-refractivity contribution < 1.29 is 19.5 Å². The molecule has 1 heterocycles. The first-order chi connectivity index (χ1) is 9.00. The predicted molar refractivity (Wildman–Crippen MR) is 68.3 cm³/mol. The van der Waals surface area contributed by atoms with Gasteiger partial charge in [0.25, 0.3) is 0 Å². The van der Waals surface area contributed by atoms with Gasteiger partial charge >= 0.3 is 5.97 Å². The van der Waals surface area contributed by atoms with E-state index in [1.54, 1.807) is 0 Å². The molecule has 1 atom stereocenters. The van der Waals surface area contributed by atoms with Crippen LogP contribution in [0, 0.1) is 5.41 Å². The number of rotatable bonds is 5. The Morgan fingerprint density at radius 1 is 1.37 bits per heavy atom. The van der Waals surface area contributed by atoms with Crippen molar-refractivity contribution in [1.82, 2.24) is 4.90 Å². The average Bonchev–Trinajstić information content (AvgIpc) is 2.86. The number of carbonyl (C=O) groups excluding carboxylic acids is 2. The molecule has 0 aromatic rings. The zero-order chi connectivity index (χ0) is 14.0. The van der Waals surface area contributed by atoms with Gasteiger partial charge in [0.05, 0.1) is 17.9 Å². The van der Waals surface area contributed by atoms with E-state index in [0.29, 0.717) is 6.42 Å². The lowest BCUT2D eigenvalue weighted by Gasteiger charge is -2.27. The van der Waals surface area contributed by atoms with Gasteiger partial charge in [-0.15, -0.1) is 0 Å². The monoisotopic (exact) mass is 267 g/mol. The smallest absolute Gasteiger partial charge is 0.305 e. The summed E-state index contributed by atoms with van der Waals surface area (Å²) in [6.07, 6.45) is 5.02. The minimum Gasteiger partial charge on any atom is -0.481 e. The van der Waals surface area contributed by atoms with Crippen LogP contribution in [-0.2, 0) is 14.4 Å². The van der Waals surface area contributed by atoms with E-state index >= 15 is 0 Å². The molecule has 1 aliphatic heterocycles. The van der Waals surface area contributed by atoms with Crippen LogP contribution in [0.15, 0.2) is 0 Å². The van der Waals surface area contributed by atoms with E-state index < -0.39 is 17.4 Å². The predicted octanol–water partition coefficient (Wildman–Crippen LogP) is 1.95. The summed E-state index contributed by atoms with van der Waals surface area (Å²) in [5.41, 5.74) is -0.498. The molecule has 1 saturated heterocycles. The molecule has 0 radical (unpaired) electrons. The van der Waals surface area contributed by atoms with E-state index in [4.69, 9.17) is 5.11 Å². The fourth-order valence-electron chi connectivity index (χ4n) is 3.49. The van der Waals surface area contributed by atoms with Crippen molar-refractivity contribution in [3.05, 3.63) is 0 Å². The molecule has 1 spiro atoms. The molecule has 1 N–H and O–H groups in total. The van der Waals surface area contributed by atoms with Crippen LogP contribution in [0.4, 0.5) is 0 Å². The molecule has 0 bridgehead atoms. The molecular formula is C14H21NO4. The largest absolute Gasteiger partial charge is 0.481 e. The Hall–Kier alpha value is -1.39.